The summed E-state index contributed by atoms with van der Waals surface area (Å²) in [4.78, 5) is 13.7. The van der Waals surface area contributed by atoms with Gasteiger partial charge in [-0.05, 0) is 75.0 Å². The molecule has 2 N–H and O–H groups in total. The predicted molar refractivity (Wildman–Crippen MR) is 108 cm³/mol. The van der Waals surface area contributed by atoms with Crippen molar-refractivity contribution < 1.29 is 9.53 Å². The van der Waals surface area contributed by atoms with Crippen LogP contribution in [0.5, 0.6) is 0 Å². The molecule has 0 unspecified atom stereocenters. The van der Waals surface area contributed by atoms with Gasteiger partial charge in [-0.15, -0.1) is 11.3 Å². The molecule has 0 fully saturated rings. The minimum Gasteiger partial charge on any atom is -0.462 e. The van der Waals surface area contributed by atoms with Crippen molar-refractivity contribution in [1.82, 2.24) is 0 Å². The van der Waals surface area contributed by atoms with Crippen molar-refractivity contribution >= 4 is 45.3 Å². The monoisotopic (exact) mass is 374 g/mol. The van der Waals surface area contributed by atoms with Crippen LogP contribution >= 0.6 is 23.6 Å². The molecule has 0 bridgehead atoms. The zero-order valence-electron chi connectivity index (χ0n) is 14.5. The van der Waals surface area contributed by atoms with E-state index in [1.807, 2.05) is 38.1 Å². The molecule has 3 rings (SSSR count). The number of carbonyl (C=O) groups excluding carboxylic acids is 1. The third-order valence-corrected chi connectivity index (χ3v) is 5.57. The maximum absolute atomic E-state index is 12.5. The van der Waals surface area contributed by atoms with E-state index < -0.39 is 0 Å². The average Bonchev–Trinajstić information content (AvgIpc) is 2.92. The van der Waals surface area contributed by atoms with Gasteiger partial charge in [0.15, 0.2) is 5.11 Å². The van der Waals surface area contributed by atoms with Crippen molar-refractivity contribution in [3.05, 3.63) is 45.8 Å². The number of ether oxygens (including phenoxy) is 1. The Balaban J connectivity index is 1.82. The molecule has 0 saturated heterocycles. The van der Waals surface area contributed by atoms with Gasteiger partial charge in [-0.25, -0.2) is 4.79 Å². The van der Waals surface area contributed by atoms with Crippen molar-refractivity contribution in [2.45, 2.75) is 39.5 Å². The van der Waals surface area contributed by atoms with E-state index >= 15 is 0 Å². The molecule has 1 aliphatic carbocycles. The van der Waals surface area contributed by atoms with E-state index in [1.165, 1.54) is 11.3 Å². The zero-order valence-corrected chi connectivity index (χ0v) is 16.1. The van der Waals surface area contributed by atoms with Crippen LogP contribution in [0.15, 0.2) is 24.3 Å². The summed E-state index contributed by atoms with van der Waals surface area (Å²) < 4.78 is 5.27. The summed E-state index contributed by atoms with van der Waals surface area (Å²) in [6.45, 7) is 4.23. The highest BCUT2D eigenvalue weighted by Gasteiger charge is 2.26. The first-order chi connectivity index (χ1) is 12.1. The third-order valence-electron chi connectivity index (χ3n) is 4.15. The minimum atomic E-state index is -0.261. The summed E-state index contributed by atoms with van der Waals surface area (Å²) in [6.07, 6.45) is 4.23. The molecule has 6 heteroatoms. The van der Waals surface area contributed by atoms with Crippen LogP contribution in [0.1, 0.15) is 46.1 Å². The lowest BCUT2D eigenvalue weighted by Crippen LogP contribution is -2.20. The van der Waals surface area contributed by atoms with Crippen LogP contribution in [0.25, 0.3) is 0 Å². The lowest BCUT2D eigenvalue weighted by Gasteiger charge is -2.13. The molecular weight excluding hydrogens is 352 g/mol. The Bertz CT molecular complexity index is 799. The van der Waals surface area contributed by atoms with Gasteiger partial charge in [0.2, 0.25) is 0 Å². The molecule has 0 aliphatic heterocycles. The molecule has 0 spiro atoms. The molecule has 25 heavy (non-hydrogen) atoms. The summed E-state index contributed by atoms with van der Waals surface area (Å²) >= 11 is 7.06. The second-order valence-electron chi connectivity index (χ2n) is 6.08. The van der Waals surface area contributed by atoms with Gasteiger partial charge < -0.3 is 15.4 Å². The van der Waals surface area contributed by atoms with E-state index in [1.54, 1.807) is 11.3 Å². The average molecular weight is 375 g/mol. The fourth-order valence-electron chi connectivity index (χ4n) is 3.06. The van der Waals surface area contributed by atoms with Crippen LogP contribution in [0.2, 0.25) is 0 Å². The van der Waals surface area contributed by atoms with Gasteiger partial charge in [0.25, 0.3) is 0 Å². The molecule has 0 radical (unpaired) electrons. The Hall–Kier alpha value is -1.92. The fraction of sp³-hybridized carbons (Fsp3) is 0.368. The van der Waals surface area contributed by atoms with Crippen LogP contribution in [0.4, 0.5) is 10.7 Å². The number of fused-ring (bicyclic) bond motifs is 1. The number of aryl methyl sites for hydroxylation is 2. The summed E-state index contributed by atoms with van der Waals surface area (Å²) in [5.74, 6) is -0.261. The minimum absolute atomic E-state index is 0.261. The van der Waals surface area contributed by atoms with Crippen LogP contribution in [-0.2, 0) is 17.6 Å². The molecule has 132 valence electrons. The zero-order chi connectivity index (χ0) is 17.8. The largest absolute Gasteiger partial charge is 0.462 e. The molecule has 1 aromatic carbocycles. The molecule has 4 nitrogen and oxygen atoms in total. The Morgan fingerprint density at radius 2 is 2.08 bits per heavy atom. The smallest absolute Gasteiger partial charge is 0.341 e. The van der Waals surface area contributed by atoms with E-state index in [4.69, 9.17) is 17.0 Å². The Labute approximate surface area is 157 Å². The lowest BCUT2D eigenvalue weighted by molar-refractivity contribution is 0.0526. The van der Waals surface area contributed by atoms with Crippen molar-refractivity contribution in [3.63, 3.8) is 0 Å². The van der Waals surface area contributed by atoms with E-state index in [2.05, 4.69) is 10.6 Å². The molecule has 0 atom stereocenters. The molecule has 1 aromatic heterocycles. The van der Waals surface area contributed by atoms with E-state index in [0.717, 1.165) is 41.1 Å². The highest BCUT2D eigenvalue weighted by molar-refractivity contribution is 7.80. The normalized spacial score (nSPS) is 13.0. The van der Waals surface area contributed by atoms with Gasteiger partial charge in [0, 0.05) is 10.6 Å². The molecule has 0 saturated carbocycles. The van der Waals surface area contributed by atoms with Gasteiger partial charge in [0.05, 0.1) is 12.2 Å². The lowest BCUT2D eigenvalue weighted by atomic mass is 9.95. The van der Waals surface area contributed by atoms with Crippen LogP contribution < -0.4 is 10.6 Å². The third kappa shape index (κ3) is 4.19. The SMILES string of the molecule is CCOC(=O)c1c(NC(=S)Nc2cccc(C)c2)sc2c1CCCC2. The van der Waals surface area contributed by atoms with Crippen LogP contribution in [0, 0.1) is 6.92 Å². The highest BCUT2D eigenvalue weighted by atomic mass is 32.1. The number of hydrogen-bond acceptors (Lipinski definition) is 4. The number of anilines is 2. The highest BCUT2D eigenvalue weighted by Crippen LogP contribution is 2.38. The van der Waals surface area contributed by atoms with Gasteiger partial charge in [-0.2, -0.15) is 0 Å². The van der Waals surface area contributed by atoms with E-state index in [0.29, 0.717) is 17.3 Å². The molecule has 1 heterocycles. The maximum Gasteiger partial charge on any atom is 0.341 e. The first-order valence-electron chi connectivity index (χ1n) is 8.54. The molecular formula is C19H22N2O2S2. The first kappa shape index (κ1) is 17.9. The number of hydrogen-bond donors (Lipinski definition) is 2. The maximum atomic E-state index is 12.5. The number of nitrogens with one attached hydrogen (secondary N) is 2. The summed E-state index contributed by atoms with van der Waals surface area (Å²) in [5.41, 5.74) is 3.88. The molecule has 0 amide bonds. The van der Waals surface area contributed by atoms with E-state index in [-0.39, 0.29) is 5.97 Å². The topological polar surface area (TPSA) is 50.4 Å². The second kappa shape index (κ2) is 7.97. The summed E-state index contributed by atoms with van der Waals surface area (Å²) in [7, 11) is 0. The predicted octanol–water partition coefficient (Wildman–Crippen LogP) is 4.92. The van der Waals surface area contributed by atoms with Crippen molar-refractivity contribution in [3.8, 4) is 0 Å². The number of esters is 1. The Kier molecular flexibility index (Phi) is 5.71. The standard InChI is InChI=1S/C19H22N2O2S2/c1-3-23-18(22)16-14-9-4-5-10-15(14)25-17(16)21-19(24)20-13-8-6-7-12(2)11-13/h6-8,11H,3-5,9-10H2,1-2H3,(H2,20,21,24). The van der Waals surface area contributed by atoms with Crippen molar-refractivity contribution in [2.75, 3.05) is 17.2 Å². The van der Waals surface area contributed by atoms with Crippen LogP contribution in [0.3, 0.4) is 0 Å². The second-order valence-corrected chi connectivity index (χ2v) is 7.60. The summed E-state index contributed by atoms with van der Waals surface area (Å²) in [5, 5.41) is 7.67. The van der Waals surface area contributed by atoms with Crippen molar-refractivity contribution in [2.24, 2.45) is 0 Å². The van der Waals surface area contributed by atoms with Gasteiger partial charge in [-0.1, -0.05) is 12.1 Å². The number of thiophene rings is 1. The fourth-order valence-corrected chi connectivity index (χ4v) is 4.63. The molecule has 1 aliphatic rings. The first-order valence-corrected chi connectivity index (χ1v) is 9.77. The number of thiocarbonyl (C=S) groups is 1. The van der Waals surface area contributed by atoms with Crippen LogP contribution in [-0.4, -0.2) is 17.7 Å². The van der Waals surface area contributed by atoms with Gasteiger partial charge in [0.1, 0.15) is 5.00 Å². The Morgan fingerprint density at radius 3 is 2.84 bits per heavy atom. The van der Waals surface area contributed by atoms with E-state index in [9.17, 15) is 4.79 Å². The van der Waals surface area contributed by atoms with Gasteiger partial charge >= 0.3 is 5.97 Å². The summed E-state index contributed by atoms with van der Waals surface area (Å²) in [6, 6.07) is 8.01. The van der Waals surface area contributed by atoms with Gasteiger partial charge in [-0.3, -0.25) is 0 Å². The molecule has 2 aromatic rings. The Morgan fingerprint density at radius 1 is 1.28 bits per heavy atom. The number of rotatable bonds is 4. The van der Waals surface area contributed by atoms with Crippen molar-refractivity contribution in [1.29, 1.82) is 0 Å². The number of carbonyl (C=O) groups is 1. The quantitative estimate of drug-likeness (QED) is 0.587. The number of benzene rings is 1.